The molecule has 1 saturated heterocycles. The van der Waals surface area contributed by atoms with Crippen LogP contribution in [0.1, 0.15) is 36.4 Å². The van der Waals surface area contributed by atoms with Crippen molar-refractivity contribution in [2.24, 2.45) is 0 Å². The zero-order valence-electron chi connectivity index (χ0n) is 15.3. The number of hydrogen-bond donors (Lipinski definition) is 3. The number of sulfonamides is 1. The molecule has 2 aliphatic rings. The summed E-state index contributed by atoms with van der Waals surface area (Å²) in [7, 11) is -3.58. The minimum Gasteiger partial charge on any atom is -0.390 e. The van der Waals surface area contributed by atoms with Gasteiger partial charge in [0.05, 0.1) is 24.1 Å². The van der Waals surface area contributed by atoms with Crippen molar-refractivity contribution in [3.8, 4) is 0 Å². The molecule has 0 spiro atoms. The van der Waals surface area contributed by atoms with Crippen molar-refractivity contribution < 1.29 is 18.4 Å². The van der Waals surface area contributed by atoms with Crippen LogP contribution in [0.25, 0.3) is 0 Å². The second-order valence-corrected chi connectivity index (χ2v) is 9.34. The van der Waals surface area contributed by atoms with Crippen molar-refractivity contribution in [3.63, 3.8) is 0 Å². The Bertz CT molecular complexity index is 885. The van der Waals surface area contributed by atoms with Gasteiger partial charge in [0.2, 0.25) is 10.0 Å². The van der Waals surface area contributed by atoms with Gasteiger partial charge in [-0.3, -0.25) is 0 Å². The van der Waals surface area contributed by atoms with Gasteiger partial charge in [0, 0.05) is 12.0 Å². The van der Waals surface area contributed by atoms with Crippen LogP contribution in [0, 0.1) is 0 Å². The molecule has 0 bridgehead atoms. The largest absolute Gasteiger partial charge is 0.390 e. The van der Waals surface area contributed by atoms with Crippen LogP contribution in [0.3, 0.4) is 0 Å². The molecule has 0 amide bonds. The summed E-state index contributed by atoms with van der Waals surface area (Å²) in [5, 5.41) is 9.91. The molecule has 1 aliphatic carbocycles. The van der Waals surface area contributed by atoms with Gasteiger partial charge in [-0.05, 0) is 37.0 Å². The maximum Gasteiger partial charge on any atom is 0.241 e. The number of fused-ring (bicyclic) bond motifs is 1. The smallest absolute Gasteiger partial charge is 0.241 e. The van der Waals surface area contributed by atoms with E-state index >= 15 is 0 Å². The lowest BCUT2D eigenvalue weighted by molar-refractivity contribution is -0.961. The molecule has 5 nitrogen and oxygen atoms in total. The Hall–Kier alpha value is -1.73. The van der Waals surface area contributed by atoms with Crippen molar-refractivity contribution in [2.45, 2.75) is 48.7 Å². The van der Waals surface area contributed by atoms with Crippen LogP contribution < -0.4 is 9.62 Å². The molecule has 2 aromatic rings. The molecule has 4 atom stereocenters. The molecule has 1 unspecified atom stereocenters. The van der Waals surface area contributed by atoms with Crippen molar-refractivity contribution in [3.05, 3.63) is 65.7 Å². The first-order chi connectivity index (χ1) is 13.1. The fourth-order valence-corrected chi connectivity index (χ4v) is 6.03. The number of aliphatic hydroxyl groups excluding tert-OH is 1. The van der Waals surface area contributed by atoms with Crippen molar-refractivity contribution in [2.75, 3.05) is 13.2 Å². The third kappa shape index (κ3) is 3.67. The number of aliphatic hydroxyl groups is 1. The van der Waals surface area contributed by atoms with Gasteiger partial charge in [-0.25, -0.2) is 13.1 Å². The Morgan fingerprint density at radius 3 is 2.56 bits per heavy atom. The fraction of sp³-hybridized carbons (Fsp3) is 0.429. The Kier molecular flexibility index (Phi) is 5.32. The highest BCUT2D eigenvalue weighted by atomic mass is 32.2. The molecule has 1 aliphatic heterocycles. The standard InChI is InChI=1S/C21H26N2O3S/c24-15-17-9-6-7-13-23(17)21-19-12-5-4-8-16(19)14-20(21)22-27(25,26)18-10-2-1-3-11-18/h1-5,8,10-12,17,20-22,24H,6-7,9,13-15H2/p+1/t17-,20+,21+/m1/s1. The molecule has 144 valence electrons. The van der Waals surface area contributed by atoms with E-state index in [1.54, 1.807) is 24.3 Å². The number of hydrogen-bond acceptors (Lipinski definition) is 3. The normalized spacial score (nSPS) is 28.0. The number of nitrogens with one attached hydrogen (secondary N) is 2. The Morgan fingerprint density at radius 1 is 1.04 bits per heavy atom. The number of benzene rings is 2. The summed E-state index contributed by atoms with van der Waals surface area (Å²) >= 11 is 0. The van der Waals surface area contributed by atoms with Crippen LogP contribution in [-0.4, -0.2) is 38.8 Å². The van der Waals surface area contributed by atoms with E-state index in [-0.39, 0.29) is 24.7 Å². The van der Waals surface area contributed by atoms with Crippen LogP contribution in [0.5, 0.6) is 0 Å². The first-order valence-electron chi connectivity index (χ1n) is 9.72. The van der Waals surface area contributed by atoms with Crippen molar-refractivity contribution >= 4 is 10.0 Å². The Balaban J connectivity index is 1.67. The predicted molar refractivity (Wildman–Crippen MR) is 104 cm³/mol. The second kappa shape index (κ2) is 7.72. The van der Waals surface area contributed by atoms with E-state index in [1.807, 2.05) is 18.2 Å². The van der Waals surface area contributed by atoms with Gasteiger partial charge in [0.1, 0.15) is 12.1 Å². The van der Waals surface area contributed by atoms with Gasteiger partial charge >= 0.3 is 0 Å². The Morgan fingerprint density at radius 2 is 1.78 bits per heavy atom. The molecule has 4 rings (SSSR count). The number of rotatable bonds is 5. The quantitative estimate of drug-likeness (QED) is 0.719. The summed E-state index contributed by atoms with van der Waals surface area (Å²) in [6.45, 7) is 1.11. The lowest BCUT2D eigenvalue weighted by Crippen LogP contribution is -3.18. The van der Waals surface area contributed by atoms with Crippen LogP contribution in [0.4, 0.5) is 0 Å². The maximum absolute atomic E-state index is 12.9. The van der Waals surface area contributed by atoms with Crippen molar-refractivity contribution in [1.82, 2.24) is 4.72 Å². The summed E-state index contributed by atoms with van der Waals surface area (Å²) in [6.07, 6.45) is 3.92. The lowest BCUT2D eigenvalue weighted by atomic mass is 9.96. The number of quaternary nitrogens is 1. The topological polar surface area (TPSA) is 70.8 Å². The Labute approximate surface area is 161 Å². The van der Waals surface area contributed by atoms with E-state index in [0.717, 1.165) is 25.8 Å². The second-order valence-electron chi connectivity index (χ2n) is 7.62. The predicted octanol–water partition coefficient (Wildman–Crippen LogP) is 1.06. The van der Waals surface area contributed by atoms with E-state index in [4.69, 9.17) is 0 Å². The summed E-state index contributed by atoms with van der Waals surface area (Å²) in [5.41, 5.74) is 2.42. The van der Waals surface area contributed by atoms with Crippen LogP contribution in [-0.2, 0) is 16.4 Å². The van der Waals surface area contributed by atoms with E-state index in [0.29, 0.717) is 11.3 Å². The van der Waals surface area contributed by atoms with Gasteiger partial charge in [-0.2, -0.15) is 0 Å². The summed E-state index contributed by atoms with van der Waals surface area (Å²) in [6, 6.07) is 16.8. The average molecular weight is 388 g/mol. The average Bonchev–Trinajstić information content (AvgIpc) is 3.05. The number of piperidine rings is 1. The summed E-state index contributed by atoms with van der Waals surface area (Å²) < 4.78 is 28.9. The fourth-order valence-electron chi connectivity index (χ4n) is 4.76. The third-order valence-corrected chi connectivity index (χ3v) is 7.51. The van der Waals surface area contributed by atoms with Gasteiger partial charge in [0.15, 0.2) is 0 Å². The molecule has 0 aromatic heterocycles. The molecule has 6 heteroatoms. The van der Waals surface area contributed by atoms with Crippen molar-refractivity contribution in [1.29, 1.82) is 0 Å². The zero-order chi connectivity index (χ0) is 18.9. The molecule has 3 N–H and O–H groups in total. The van der Waals surface area contributed by atoms with Crippen LogP contribution >= 0.6 is 0 Å². The monoisotopic (exact) mass is 387 g/mol. The highest BCUT2D eigenvalue weighted by Gasteiger charge is 2.44. The van der Waals surface area contributed by atoms with E-state index in [1.165, 1.54) is 16.0 Å². The summed E-state index contributed by atoms with van der Waals surface area (Å²) in [5.74, 6) is 0. The van der Waals surface area contributed by atoms with Gasteiger partial charge in [0.25, 0.3) is 0 Å². The van der Waals surface area contributed by atoms with Gasteiger partial charge < -0.3 is 10.0 Å². The molecule has 2 aromatic carbocycles. The maximum atomic E-state index is 12.9. The van der Waals surface area contributed by atoms with Gasteiger partial charge in [-0.1, -0.05) is 42.5 Å². The van der Waals surface area contributed by atoms with E-state index in [9.17, 15) is 13.5 Å². The van der Waals surface area contributed by atoms with E-state index in [2.05, 4.69) is 16.9 Å². The minimum absolute atomic E-state index is 0.0390. The molecule has 0 saturated carbocycles. The molecule has 0 radical (unpaired) electrons. The lowest BCUT2D eigenvalue weighted by Gasteiger charge is -2.38. The molecule has 1 heterocycles. The van der Waals surface area contributed by atoms with E-state index < -0.39 is 10.0 Å². The van der Waals surface area contributed by atoms with Gasteiger partial charge in [-0.15, -0.1) is 0 Å². The number of likely N-dealkylation sites (tertiary alicyclic amines) is 1. The molecular weight excluding hydrogens is 360 g/mol. The summed E-state index contributed by atoms with van der Waals surface area (Å²) in [4.78, 5) is 1.61. The van der Waals surface area contributed by atoms with Crippen LogP contribution in [0.2, 0.25) is 0 Å². The highest BCUT2D eigenvalue weighted by Crippen LogP contribution is 2.31. The first-order valence-corrected chi connectivity index (χ1v) is 11.2. The SMILES string of the molecule is O=S(=O)(N[C@H]1Cc2ccccc2[C@@H]1[NH+]1CCCC[C@@H]1CO)c1ccccc1. The third-order valence-electron chi connectivity index (χ3n) is 6.00. The first kappa shape index (κ1) is 18.6. The van der Waals surface area contributed by atoms with Crippen LogP contribution in [0.15, 0.2) is 59.5 Å². The molecular formula is C21H27N2O3S+. The minimum atomic E-state index is -3.58. The highest BCUT2D eigenvalue weighted by molar-refractivity contribution is 7.89. The molecule has 27 heavy (non-hydrogen) atoms. The zero-order valence-corrected chi connectivity index (χ0v) is 16.2. The molecule has 1 fully saturated rings.